The van der Waals surface area contributed by atoms with Gasteiger partial charge in [0.2, 0.25) is 0 Å². The molecule has 42 heavy (non-hydrogen) atoms. The second-order valence-corrected chi connectivity index (χ2v) is 10.1. The lowest BCUT2D eigenvalue weighted by Crippen LogP contribution is -2.36. The maximum atomic E-state index is 12.9. The monoisotopic (exact) mass is 570 g/mol. The molecule has 3 aliphatic rings. The van der Waals surface area contributed by atoms with Gasteiger partial charge in [-0.25, -0.2) is 9.59 Å². The van der Waals surface area contributed by atoms with Crippen molar-refractivity contribution in [1.29, 1.82) is 0 Å². The van der Waals surface area contributed by atoms with Crippen LogP contribution in [0.25, 0.3) is 33.4 Å². The number of aromatic carboxylic acids is 1. The molecule has 1 unspecified atom stereocenters. The van der Waals surface area contributed by atoms with Crippen molar-refractivity contribution in [3.8, 4) is 28.2 Å². The minimum Gasteiger partial charge on any atom is -0.508 e. The molecular weight excluding hydrogens is 540 g/mol. The number of hydrogen-bond acceptors (Lipinski definition) is 7. The fraction of sp³-hybridized carbons (Fsp3) is 0.250. The zero-order valence-electron chi connectivity index (χ0n) is 22.7. The van der Waals surface area contributed by atoms with Crippen LogP contribution in [-0.2, 0) is 4.74 Å². The van der Waals surface area contributed by atoms with Crippen LogP contribution in [0.4, 0.5) is 4.79 Å². The number of carbonyl (C=O) groups excluding carboxylic acids is 2. The van der Waals surface area contributed by atoms with E-state index < -0.39 is 18.0 Å². The Labute approximate surface area is 241 Å². The molecule has 2 aliphatic carbocycles. The standard InChI is InChI=1S/C32H30N2O8/c35-20-9-12-24-27(17-20)42-28-18-21(36)10-13-25(28)29(24)23-11-8-19(16-26(23)31(38)39)30(37)33-14-15-34-32(40)41-22-6-4-2-1-3-5-7-22/h4,6,8-13,16-18,22,35H,1-3,5,7,14-15H2,(H,33,37)(H,34,40)(H,38,39)/b6-4+. The molecule has 10 heteroatoms. The second-order valence-electron chi connectivity index (χ2n) is 10.1. The highest BCUT2D eigenvalue weighted by atomic mass is 16.6. The van der Waals surface area contributed by atoms with Gasteiger partial charge in [-0.1, -0.05) is 18.6 Å². The van der Waals surface area contributed by atoms with Gasteiger partial charge >= 0.3 is 12.1 Å². The minimum atomic E-state index is -1.26. The number of hydrogen-bond donors (Lipinski definition) is 4. The number of rotatable bonds is 7. The van der Waals surface area contributed by atoms with E-state index in [-0.39, 0.29) is 52.8 Å². The molecule has 1 heterocycles. The highest BCUT2D eigenvalue weighted by Gasteiger charge is 2.23. The maximum Gasteiger partial charge on any atom is 0.407 e. The third-order valence-corrected chi connectivity index (χ3v) is 7.11. The van der Waals surface area contributed by atoms with Gasteiger partial charge in [-0.15, -0.1) is 0 Å². The van der Waals surface area contributed by atoms with Crippen LogP contribution in [0.5, 0.6) is 5.75 Å². The second kappa shape index (κ2) is 12.6. The van der Waals surface area contributed by atoms with Crippen LogP contribution in [0.1, 0.15) is 52.8 Å². The molecule has 216 valence electrons. The van der Waals surface area contributed by atoms with Gasteiger partial charge in [0.25, 0.3) is 5.91 Å². The van der Waals surface area contributed by atoms with Crippen molar-refractivity contribution in [3.05, 3.63) is 88.1 Å². The first-order valence-electron chi connectivity index (χ1n) is 13.8. The lowest BCUT2D eigenvalue weighted by molar-refractivity contribution is 0.0697. The van der Waals surface area contributed by atoms with E-state index in [4.69, 9.17) is 9.15 Å². The van der Waals surface area contributed by atoms with Crippen molar-refractivity contribution >= 4 is 28.9 Å². The van der Waals surface area contributed by atoms with Gasteiger partial charge in [0.05, 0.1) is 5.56 Å². The van der Waals surface area contributed by atoms with E-state index in [1.54, 1.807) is 12.1 Å². The van der Waals surface area contributed by atoms with Crippen LogP contribution >= 0.6 is 0 Å². The van der Waals surface area contributed by atoms with Gasteiger partial charge in [-0.3, -0.25) is 9.59 Å². The minimum absolute atomic E-state index is 0.0558. The quantitative estimate of drug-likeness (QED) is 0.132. The molecule has 0 saturated heterocycles. The van der Waals surface area contributed by atoms with Crippen molar-refractivity contribution in [2.75, 3.05) is 13.1 Å². The van der Waals surface area contributed by atoms with Gasteiger partial charge in [-0.05, 0) is 73.7 Å². The Balaban J connectivity index is 1.33. The van der Waals surface area contributed by atoms with Crippen molar-refractivity contribution < 1.29 is 33.8 Å². The molecule has 2 aromatic rings. The summed E-state index contributed by atoms with van der Waals surface area (Å²) in [7, 11) is 0. The number of nitrogens with one attached hydrogen (secondary N) is 2. The number of ether oxygens (including phenoxy) is 1. The molecule has 0 bridgehead atoms. The fourth-order valence-corrected chi connectivity index (χ4v) is 5.08. The lowest BCUT2D eigenvalue weighted by atomic mass is 9.90. The number of alkyl carbamates (subject to hydrolysis) is 1. The predicted molar refractivity (Wildman–Crippen MR) is 156 cm³/mol. The first-order valence-corrected chi connectivity index (χ1v) is 13.8. The Hall–Kier alpha value is -5.12. The molecule has 4 N–H and O–H groups in total. The Bertz CT molecular complexity index is 1710. The molecular formula is C32H30N2O8. The third kappa shape index (κ3) is 6.43. The molecule has 1 aliphatic heterocycles. The van der Waals surface area contributed by atoms with Crippen LogP contribution in [0.3, 0.4) is 0 Å². The molecule has 2 aromatic carbocycles. The van der Waals surface area contributed by atoms with Crippen molar-refractivity contribution in [1.82, 2.24) is 10.6 Å². The summed E-state index contributed by atoms with van der Waals surface area (Å²) < 4.78 is 11.3. The number of amides is 2. The highest BCUT2D eigenvalue weighted by molar-refractivity contribution is 6.09. The summed E-state index contributed by atoms with van der Waals surface area (Å²) >= 11 is 0. The summed E-state index contributed by atoms with van der Waals surface area (Å²) in [5.41, 5.74) is 1.25. The van der Waals surface area contributed by atoms with Crippen molar-refractivity contribution in [2.45, 2.75) is 38.2 Å². The zero-order valence-corrected chi connectivity index (χ0v) is 22.7. The average molecular weight is 571 g/mol. The first kappa shape index (κ1) is 28.4. The number of fused-ring (bicyclic) bond motifs is 2. The van der Waals surface area contributed by atoms with Crippen molar-refractivity contribution in [2.24, 2.45) is 0 Å². The van der Waals surface area contributed by atoms with Gasteiger partial charge < -0.3 is 30.0 Å². The Morgan fingerprint density at radius 3 is 2.57 bits per heavy atom. The largest absolute Gasteiger partial charge is 0.508 e. The molecule has 0 radical (unpaired) electrons. The van der Waals surface area contributed by atoms with E-state index >= 15 is 0 Å². The fourth-order valence-electron chi connectivity index (χ4n) is 5.08. The predicted octanol–water partition coefficient (Wildman–Crippen LogP) is 5.31. The smallest absolute Gasteiger partial charge is 0.407 e. The van der Waals surface area contributed by atoms with E-state index in [0.717, 1.165) is 32.1 Å². The van der Waals surface area contributed by atoms with Crippen molar-refractivity contribution in [3.63, 3.8) is 0 Å². The maximum absolute atomic E-state index is 12.9. The van der Waals surface area contributed by atoms with Crippen LogP contribution in [0, 0.1) is 0 Å². The lowest BCUT2D eigenvalue weighted by Gasteiger charge is -2.17. The third-order valence-electron chi connectivity index (χ3n) is 7.11. The zero-order chi connectivity index (χ0) is 29.6. The Morgan fingerprint density at radius 1 is 0.929 bits per heavy atom. The highest BCUT2D eigenvalue weighted by Crippen LogP contribution is 2.42. The van der Waals surface area contributed by atoms with Crippen LogP contribution < -0.4 is 16.1 Å². The molecule has 10 nitrogen and oxygen atoms in total. The number of carboxylic acids is 1. The van der Waals surface area contributed by atoms with Crippen LogP contribution in [-0.4, -0.2) is 47.4 Å². The number of phenolic OH excluding ortho intramolecular Hbond substituents is 1. The summed E-state index contributed by atoms with van der Waals surface area (Å²) in [6.45, 7) is 0.236. The van der Waals surface area contributed by atoms with Gasteiger partial charge in [-0.2, -0.15) is 0 Å². The number of carboxylic acid groups (broad SMARTS) is 1. The average Bonchev–Trinajstić information content (AvgIpc) is 2.94. The summed E-state index contributed by atoms with van der Waals surface area (Å²) in [6.07, 6.45) is 8.07. The molecule has 0 spiro atoms. The van der Waals surface area contributed by atoms with E-state index in [0.29, 0.717) is 22.1 Å². The topological polar surface area (TPSA) is 155 Å². The molecule has 0 aromatic heterocycles. The molecule has 1 atom stereocenters. The van der Waals surface area contributed by atoms with E-state index in [2.05, 4.69) is 10.6 Å². The SMILES string of the molecule is O=C(NCCNC(=O)c1ccc(-c2c3ccc(=O)cc-3oc3cc(O)ccc23)c(C(=O)O)c1)OC1/C=C/CCCCC1. The van der Waals surface area contributed by atoms with Gasteiger partial charge in [0, 0.05) is 47.3 Å². The summed E-state index contributed by atoms with van der Waals surface area (Å²) in [6, 6.07) is 13.0. The number of allylic oxidation sites excluding steroid dienone is 1. The van der Waals surface area contributed by atoms with Crippen LogP contribution in [0.15, 0.2) is 76.0 Å². The normalized spacial score (nSPS) is 15.9. The number of phenols is 1. The molecule has 2 amide bonds. The summed E-state index contributed by atoms with van der Waals surface area (Å²) in [5.74, 6) is -1.60. The molecule has 0 fully saturated rings. The molecule has 5 rings (SSSR count). The van der Waals surface area contributed by atoms with E-state index in [1.165, 1.54) is 42.5 Å². The summed E-state index contributed by atoms with van der Waals surface area (Å²) in [5, 5.41) is 25.9. The van der Waals surface area contributed by atoms with E-state index in [1.807, 2.05) is 12.2 Å². The summed E-state index contributed by atoms with van der Waals surface area (Å²) in [4.78, 5) is 49.4. The Kier molecular flexibility index (Phi) is 8.52. The molecule has 0 saturated carbocycles. The number of benzene rings is 3. The van der Waals surface area contributed by atoms with Crippen LogP contribution in [0.2, 0.25) is 0 Å². The van der Waals surface area contributed by atoms with E-state index in [9.17, 15) is 29.4 Å². The van der Waals surface area contributed by atoms with Gasteiger partial charge in [0.1, 0.15) is 23.2 Å². The number of aromatic hydroxyl groups is 1. The first-order chi connectivity index (χ1) is 20.3. The number of carbonyl (C=O) groups is 3. The van der Waals surface area contributed by atoms with Gasteiger partial charge in [0.15, 0.2) is 5.43 Å². The Morgan fingerprint density at radius 2 is 1.74 bits per heavy atom.